The van der Waals surface area contributed by atoms with Crippen LogP contribution in [0.25, 0.3) is 11.3 Å². The van der Waals surface area contributed by atoms with E-state index >= 15 is 0 Å². The number of hydrogen-bond acceptors (Lipinski definition) is 3. The summed E-state index contributed by atoms with van der Waals surface area (Å²) in [6.07, 6.45) is 3.94. The molecule has 0 bridgehead atoms. The molecule has 0 saturated carbocycles. The molecule has 72 valence electrons. The Morgan fingerprint density at radius 1 is 1.57 bits per heavy atom. The SMILES string of the molecule is Cc1ncc(-c2ccoc2C=O)n1C. The van der Waals surface area contributed by atoms with Gasteiger partial charge in [0.1, 0.15) is 5.82 Å². The molecule has 0 radical (unpaired) electrons. The molecule has 4 nitrogen and oxygen atoms in total. The predicted molar refractivity (Wildman–Crippen MR) is 51.0 cm³/mol. The molecule has 2 rings (SSSR count). The van der Waals surface area contributed by atoms with Crippen molar-refractivity contribution >= 4 is 6.29 Å². The van der Waals surface area contributed by atoms with E-state index in [4.69, 9.17) is 4.42 Å². The van der Waals surface area contributed by atoms with Gasteiger partial charge in [-0.15, -0.1) is 0 Å². The van der Waals surface area contributed by atoms with Crippen LogP contribution >= 0.6 is 0 Å². The van der Waals surface area contributed by atoms with E-state index in [0.29, 0.717) is 12.0 Å². The molecule has 0 atom stereocenters. The fraction of sp³-hybridized carbons (Fsp3) is 0.200. The number of imidazole rings is 1. The highest BCUT2D eigenvalue weighted by atomic mass is 16.3. The highest BCUT2D eigenvalue weighted by Crippen LogP contribution is 2.23. The lowest BCUT2D eigenvalue weighted by molar-refractivity contribution is 0.110. The average Bonchev–Trinajstić information content (AvgIpc) is 2.75. The van der Waals surface area contributed by atoms with Crippen LogP contribution in [0.3, 0.4) is 0 Å². The van der Waals surface area contributed by atoms with E-state index in [1.54, 1.807) is 12.3 Å². The van der Waals surface area contributed by atoms with E-state index < -0.39 is 0 Å². The maximum Gasteiger partial charge on any atom is 0.186 e. The molecule has 0 spiro atoms. The molecule has 2 aromatic rings. The van der Waals surface area contributed by atoms with E-state index in [0.717, 1.165) is 17.1 Å². The summed E-state index contributed by atoms with van der Waals surface area (Å²) >= 11 is 0. The largest absolute Gasteiger partial charge is 0.461 e. The fourth-order valence-corrected chi connectivity index (χ4v) is 1.38. The molecule has 2 heterocycles. The van der Waals surface area contributed by atoms with Crippen LogP contribution in [0.5, 0.6) is 0 Å². The van der Waals surface area contributed by atoms with Gasteiger partial charge < -0.3 is 8.98 Å². The number of furan rings is 1. The summed E-state index contributed by atoms with van der Waals surface area (Å²) in [4.78, 5) is 14.8. The average molecular weight is 190 g/mol. The number of rotatable bonds is 2. The van der Waals surface area contributed by atoms with E-state index in [9.17, 15) is 4.79 Å². The second-order valence-electron chi connectivity index (χ2n) is 3.07. The highest BCUT2D eigenvalue weighted by molar-refractivity contribution is 5.83. The van der Waals surface area contributed by atoms with E-state index in [-0.39, 0.29) is 0 Å². The van der Waals surface area contributed by atoms with Crippen molar-refractivity contribution in [1.82, 2.24) is 9.55 Å². The zero-order chi connectivity index (χ0) is 10.1. The van der Waals surface area contributed by atoms with Crippen molar-refractivity contribution in [3.05, 3.63) is 30.1 Å². The second-order valence-corrected chi connectivity index (χ2v) is 3.07. The maximum absolute atomic E-state index is 10.7. The predicted octanol–water partition coefficient (Wildman–Crippen LogP) is 1.80. The monoisotopic (exact) mass is 190 g/mol. The topological polar surface area (TPSA) is 48.0 Å². The zero-order valence-electron chi connectivity index (χ0n) is 8.02. The summed E-state index contributed by atoms with van der Waals surface area (Å²) in [6.45, 7) is 1.91. The van der Waals surface area contributed by atoms with E-state index in [1.165, 1.54) is 6.26 Å². The van der Waals surface area contributed by atoms with Crippen molar-refractivity contribution in [2.24, 2.45) is 7.05 Å². The molecular formula is C10H10N2O2. The second kappa shape index (κ2) is 3.14. The molecule has 0 saturated heterocycles. The molecule has 14 heavy (non-hydrogen) atoms. The third-order valence-corrected chi connectivity index (χ3v) is 2.30. The molecule has 2 aromatic heterocycles. The van der Waals surface area contributed by atoms with Gasteiger partial charge >= 0.3 is 0 Å². The number of carbonyl (C=O) groups excluding carboxylic acids is 1. The molecule has 0 fully saturated rings. The van der Waals surface area contributed by atoms with Gasteiger partial charge in [-0.05, 0) is 13.0 Å². The summed E-state index contributed by atoms with van der Waals surface area (Å²) in [5, 5.41) is 0. The van der Waals surface area contributed by atoms with Crippen LogP contribution in [0, 0.1) is 6.92 Å². The molecule has 0 aliphatic carbocycles. The van der Waals surface area contributed by atoms with Gasteiger partial charge in [-0.3, -0.25) is 4.79 Å². The van der Waals surface area contributed by atoms with Crippen LogP contribution in [0.15, 0.2) is 22.9 Å². The lowest BCUT2D eigenvalue weighted by Gasteiger charge is -2.00. The molecule has 0 aromatic carbocycles. The normalized spacial score (nSPS) is 10.4. The summed E-state index contributed by atoms with van der Waals surface area (Å²) in [5.41, 5.74) is 1.67. The van der Waals surface area contributed by atoms with E-state index in [1.807, 2.05) is 18.5 Å². The molecular weight excluding hydrogens is 180 g/mol. The smallest absolute Gasteiger partial charge is 0.186 e. The van der Waals surface area contributed by atoms with Gasteiger partial charge in [-0.25, -0.2) is 4.98 Å². The molecule has 4 heteroatoms. The number of nitrogens with zero attached hydrogens (tertiary/aromatic N) is 2. The lowest BCUT2D eigenvalue weighted by atomic mass is 10.2. The van der Waals surface area contributed by atoms with Crippen molar-refractivity contribution in [1.29, 1.82) is 0 Å². The Morgan fingerprint density at radius 2 is 2.36 bits per heavy atom. The van der Waals surface area contributed by atoms with Crippen LogP contribution in [-0.4, -0.2) is 15.8 Å². The number of carbonyl (C=O) groups is 1. The van der Waals surface area contributed by atoms with Crippen molar-refractivity contribution < 1.29 is 9.21 Å². The molecule has 0 aliphatic heterocycles. The van der Waals surface area contributed by atoms with Crippen LogP contribution in [0.1, 0.15) is 16.4 Å². The Labute approximate surface area is 81.2 Å². The summed E-state index contributed by atoms with van der Waals surface area (Å²) in [7, 11) is 1.90. The minimum absolute atomic E-state index is 0.341. The minimum Gasteiger partial charge on any atom is -0.461 e. The van der Waals surface area contributed by atoms with Gasteiger partial charge in [-0.1, -0.05) is 0 Å². The molecule has 0 N–H and O–H groups in total. The molecule has 0 amide bonds. The van der Waals surface area contributed by atoms with Crippen molar-refractivity contribution in [2.45, 2.75) is 6.92 Å². The number of aryl methyl sites for hydroxylation is 1. The first-order valence-corrected chi connectivity index (χ1v) is 4.25. The Balaban J connectivity index is 2.59. The van der Waals surface area contributed by atoms with Gasteiger partial charge in [0.05, 0.1) is 18.2 Å². The number of aromatic nitrogens is 2. The van der Waals surface area contributed by atoms with Crippen molar-refractivity contribution in [3.8, 4) is 11.3 Å². The van der Waals surface area contributed by atoms with Crippen molar-refractivity contribution in [3.63, 3.8) is 0 Å². The van der Waals surface area contributed by atoms with Gasteiger partial charge in [0.2, 0.25) is 0 Å². The standard InChI is InChI=1S/C10H10N2O2/c1-7-11-5-9(12(7)2)8-3-4-14-10(8)6-13/h3-6H,1-2H3. The third-order valence-electron chi connectivity index (χ3n) is 2.30. The fourth-order valence-electron chi connectivity index (χ4n) is 1.38. The lowest BCUT2D eigenvalue weighted by Crippen LogP contribution is -1.94. The quantitative estimate of drug-likeness (QED) is 0.678. The van der Waals surface area contributed by atoms with Gasteiger partial charge in [0, 0.05) is 12.6 Å². The van der Waals surface area contributed by atoms with Crippen LogP contribution in [0.4, 0.5) is 0 Å². The Hall–Kier alpha value is -1.84. The van der Waals surface area contributed by atoms with Crippen molar-refractivity contribution in [2.75, 3.05) is 0 Å². The minimum atomic E-state index is 0.341. The summed E-state index contributed by atoms with van der Waals surface area (Å²) in [5.74, 6) is 1.24. The highest BCUT2D eigenvalue weighted by Gasteiger charge is 2.11. The van der Waals surface area contributed by atoms with Crippen LogP contribution in [0.2, 0.25) is 0 Å². The summed E-state index contributed by atoms with van der Waals surface area (Å²) < 4.78 is 6.94. The van der Waals surface area contributed by atoms with Gasteiger partial charge in [0.15, 0.2) is 12.0 Å². The van der Waals surface area contributed by atoms with Crippen LogP contribution in [-0.2, 0) is 7.05 Å². The first kappa shape index (κ1) is 8.74. The van der Waals surface area contributed by atoms with Gasteiger partial charge in [-0.2, -0.15) is 0 Å². The Bertz CT molecular complexity index is 468. The van der Waals surface area contributed by atoms with E-state index in [2.05, 4.69) is 4.98 Å². The zero-order valence-corrected chi connectivity index (χ0v) is 8.02. The summed E-state index contributed by atoms with van der Waals surface area (Å²) in [6, 6.07) is 1.76. The Kier molecular flexibility index (Phi) is 1.96. The van der Waals surface area contributed by atoms with Gasteiger partial charge in [0.25, 0.3) is 0 Å². The number of hydrogen-bond donors (Lipinski definition) is 0. The first-order chi connectivity index (χ1) is 6.74. The van der Waals surface area contributed by atoms with Crippen LogP contribution < -0.4 is 0 Å². The molecule has 0 unspecified atom stereocenters. The third kappa shape index (κ3) is 1.16. The molecule has 0 aliphatic rings. The Morgan fingerprint density at radius 3 is 2.93 bits per heavy atom. The number of aldehydes is 1. The maximum atomic E-state index is 10.7. The first-order valence-electron chi connectivity index (χ1n) is 4.25.